The molecule has 0 fully saturated rings. The lowest BCUT2D eigenvalue weighted by Gasteiger charge is -2.21. The van der Waals surface area contributed by atoms with Gasteiger partial charge in [0, 0.05) is 32.1 Å². The van der Waals surface area contributed by atoms with E-state index in [9.17, 15) is 38.7 Å². The van der Waals surface area contributed by atoms with Gasteiger partial charge in [-0.1, -0.05) is 55.8 Å². The summed E-state index contributed by atoms with van der Waals surface area (Å²) in [6, 6.07) is 7.95. The smallest absolute Gasteiger partial charge is 0.306 e. The SMILES string of the molecule is CC(C)C[C@H](CC(=O)[C@H](Cc1ccccc1)NC(=O)CCC(=O)CNC(=O)CCC(=O)CNc1nc(N)c(C(=O)N=C(N)N)nc1Cl)C(=O)O.S.S. The van der Waals surface area contributed by atoms with Crippen molar-refractivity contribution in [1.82, 2.24) is 20.6 Å². The molecule has 20 heteroatoms. The third kappa shape index (κ3) is 17.5. The molecule has 10 N–H and O–H groups in total. The van der Waals surface area contributed by atoms with Gasteiger partial charge in [-0.15, -0.1) is 0 Å². The normalized spacial score (nSPS) is 11.5. The maximum Gasteiger partial charge on any atom is 0.306 e. The molecule has 0 unspecified atom stereocenters. The van der Waals surface area contributed by atoms with Crippen LogP contribution in [-0.2, 0) is 35.2 Å². The Morgan fingerprint density at radius 3 is 2.06 bits per heavy atom. The van der Waals surface area contributed by atoms with Crippen LogP contribution in [0.15, 0.2) is 35.3 Å². The van der Waals surface area contributed by atoms with Crippen LogP contribution in [0.5, 0.6) is 0 Å². The number of Topliss-reactive ketones (excluding diaryl/α,β-unsaturated/α-hetero) is 3. The number of carboxylic acid groups (broad SMARTS) is 1. The van der Waals surface area contributed by atoms with E-state index in [2.05, 4.69) is 30.9 Å². The number of hydrogen-bond donors (Lipinski definition) is 7. The Morgan fingerprint density at radius 1 is 0.885 bits per heavy atom. The number of halogens is 1. The van der Waals surface area contributed by atoms with Crippen molar-refractivity contribution in [2.45, 2.75) is 64.8 Å². The second-order valence-corrected chi connectivity index (χ2v) is 12.1. The van der Waals surface area contributed by atoms with Crippen molar-refractivity contribution in [3.8, 4) is 0 Å². The molecule has 3 amide bonds. The minimum absolute atomic E-state index is 0. The third-order valence-corrected chi connectivity index (χ3v) is 7.33. The van der Waals surface area contributed by atoms with E-state index in [4.69, 9.17) is 28.8 Å². The summed E-state index contributed by atoms with van der Waals surface area (Å²) >= 11 is 6.00. The van der Waals surface area contributed by atoms with Crippen molar-refractivity contribution in [3.63, 3.8) is 0 Å². The van der Waals surface area contributed by atoms with Gasteiger partial charge in [-0.3, -0.25) is 33.6 Å². The lowest BCUT2D eigenvalue weighted by molar-refractivity contribution is -0.144. The molecule has 2 atom stereocenters. The minimum atomic E-state index is -1.08. The summed E-state index contributed by atoms with van der Waals surface area (Å²) < 4.78 is 0. The van der Waals surface area contributed by atoms with Crippen LogP contribution >= 0.6 is 38.6 Å². The lowest BCUT2D eigenvalue weighted by atomic mass is 9.89. The summed E-state index contributed by atoms with van der Waals surface area (Å²) in [5, 5.41) is 17.0. The Labute approximate surface area is 319 Å². The van der Waals surface area contributed by atoms with E-state index in [0.717, 1.165) is 5.56 Å². The number of carbonyl (C=O) groups is 7. The number of aliphatic carboxylic acids is 1. The first-order valence-corrected chi connectivity index (χ1v) is 16.0. The first-order chi connectivity index (χ1) is 23.5. The highest BCUT2D eigenvalue weighted by molar-refractivity contribution is 7.59. The number of ketones is 3. The number of nitrogens with zero attached hydrogens (tertiary/aromatic N) is 3. The van der Waals surface area contributed by atoms with Gasteiger partial charge < -0.3 is 38.3 Å². The number of nitrogens with one attached hydrogen (secondary N) is 3. The number of hydrogen-bond acceptors (Lipinski definition) is 11. The molecule has 1 aromatic heterocycles. The summed E-state index contributed by atoms with van der Waals surface area (Å²) in [4.78, 5) is 97.4. The Bertz CT molecular complexity index is 1610. The van der Waals surface area contributed by atoms with Gasteiger partial charge in [0.05, 0.1) is 25.0 Å². The van der Waals surface area contributed by atoms with Crippen LogP contribution in [0.4, 0.5) is 11.6 Å². The predicted molar refractivity (Wildman–Crippen MR) is 205 cm³/mol. The minimum Gasteiger partial charge on any atom is -0.481 e. The molecule has 2 aromatic rings. The van der Waals surface area contributed by atoms with Gasteiger partial charge in [-0.05, 0) is 24.3 Å². The van der Waals surface area contributed by atoms with Gasteiger partial charge in [0.25, 0.3) is 0 Å². The van der Waals surface area contributed by atoms with Crippen molar-refractivity contribution in [2.75, 3.05) is 24.1 Å². The van der Waals surface area contributed by atoms with Gasteiger partial charge >= 0.3 is 11.9 Å². The van der Waals surface area contributed by atoms with Gasteiger partial charge in [-0.25, -0.2) is 9.97 Å². The van der Waals surface area contributed by atoms with Gasteiger partial charge in [0.2, 0.25) is 11.8 Å². The number of guanidine groups is 1. The molecule has 286 valence electrons. The zero-order valence-electron chi connectivity index (χ0n) is 28.7. The lowest BCUT2D eigenvalue weighted by Crippen LogP contribution is -2.43. The number of benzene rings is 1. The maximum atomic E-state index is 13.2. The molecule has 17 nitrogen and oxygen atoms in total. The molecule has 1 aromatic carbocycles. The van der Waals surface area contributed by atoms with E-state index in [1.165, 1.54) is 0 Å². The van der Waals surface area contributed by atoms with Gasteiger partial charge in [-0.2, -0.15) is 32.0 Å². The molecule has 0 spiro atoms. The van der Waals surface area contributed by atoms with E-state index >= 15 is 0 Å². The fourth-order valence-corrected chi connectivity index (χ4v) is 4.80. The summed E-state index contributed by atoms with van der Waals surface area (Å²) in [6.07, 6.45) is -0.714. The molecule has 1 heterocycles. The monoisotopic (exact) mass is 783 g/mol. The number of rotatable bonds is 21. The molecule has 0 radical (unpaired) electrons. The van der Waals surface area contributed by atoms with E-state index in [0.29, 0.717) is 6.42 Å². The van der Waals surface area contributed by atoms with Gasteiger partial charge in [0.1, 0.15) is 0 Å². The molecular weight excluding hydrogens is 738 g/mol. The first kappa shape index (κ1) is 47.2. The van der Waals surface area contributed by atoms with Crippen molar-refractivity contribution < 1.29 is 38.7 Å². The van der Waals surface area contributed by atoms with Crippen LogP contribution in [0.3, 0.4) is 0 Å². The highest BCUT2D eigenvalue weighted by atomic mass is 35.5. The van der Waals surface area contributed by atoms with Crippen LogP contribution < -0.4 is 33.2 Å². The number of carbonyl (C=O) groups excluding carboxylic acids is 6. The predicted octanol–water partition coefficient (Wildman–Crippen LogP) is 1.01. The molecule has 0 aliphatic carbocycles. The van der Waals surface area contributed by atoms with E-state index in [-0.39, 0.29) is 101 Å². The van der Waals surface area contributed by atoms with E-state index in [1.807, 2.05) is 13.8 Å². The number of aliphatic imine (C=N–C) groups is 1. The topological polar surface area (TPSA) is 292 Å². The van der Waals surface area contributed by atoms with Crippen molar-refractivity contribution in [1.29, 1.82) is 0 Å². The number of carboxylic acids is 1. The Kier molecular flexibility index (Phi) is 21.5. The van der Waals surface area contributed by atoms with Crippen molar-refractivity contribution in [3.05, 3.63) is 46.7 Å². The number of nitrogen functional groups attached to an aromatic ring is 1. The average molecular weight is 784 g/mol. The van der Waals surface area contributed by atoms with Crippen LogP contribution in [0.1, 0.15) is 68.4 Å². The summed E-state index contributed by atoms with van der Waals surface area (Å²) in [5.41, 5.74) is 16.4. The van der Waals surface area contributed by atoms with E-state index < -0.39 is 64.7 Å². The number of aromatic nitrogens is 2. The Hall–Kier alpha value is -4.75. The standard InChI is InChI=1S/C32H42ClN9O8.2H2S/c1-17(2)12-19(31(49)50)14-23(45)22(13-18-6-4-3-5-7-18)39-25(47)11-9-20(43)15-37-24(46)10-8-21(44)16-38-29-27(33)40-26(28(34)41-29)30(48)42-32(35)36;;/h3-7,17,19,22H,8-16H2,1-2H3,(H,37,46)(H,39,47)(H,49,50)(H3,34,38,41)(H4,35,36,42,48);2*1H2/t19-,22+;;/m1../s1. The fraction of sp³-hybridized carbons (Fsp3) is 0.438. The molecule has 52 heavy (non-hydrogen) atoms. The van der Waals surface area contributed by atoms with E-state index in [1.54, 1.807) is 30.3 Å². The molecule has 0 aliphatic heterocycles. The average Bonchev–Trinajstić information content (AvgIpc) is 3.04. The summed E-state index contributed by atoms with van der Waals surface area (Å²) in [5.74, 6) is -6.28. The zero-order valence-corrected chi connectivity index (χ0v) is 31.5. The largest absolute Gasteiger partial charge is 0.481 e. The number of anilines is 2. The summed E-state index contributed by atoms with van der Waals surface area (Å²) in [7, 11) is 0. The van der Waals surface area contributed by atoms with Crippen LogP contribution in [0.2, 0.25) is 5.15 Å². The molecule has 2 rings (SSSR count). The second kappa shape index (κ2) is 23.7. The molecule has 0 aliphatic rings. The summed E-state index contributed by atoms with van der Waals surface area (Å²) in [6.45, 7) is 3.03. The van der Waals surface area contributed by atoms with Crippen molar-refractivity contribution in [2.24, 2.45) is 28.3 Å². The molecule has 0 saturated carbocycles. The van der Waals surface area contributed by atoms with Crippen LogP contribution in [0, 0.1) is 11.8 Å². The molecule has 0 saturated heterocycles. The highest BCUT2D eigenvalue weighted by Crippen LogP contribution is 2.21. The maximum absolute atomic E-state index is 13.2. The zero-order chi connectivity index (χ0) is 37.4. The second-order valence-electron chi connectivity index (χ2n) is 11.8. The highest BCUT2D eigenvalue weighted by Gasteiger charge is 2.28. The van der Waals surface area contributed by atoms with Crippen LogP contribution in [0.25, 0.3) is 0 Å². The van der Waals surface area contributed by atoms with Gasteiger partial charge in [0.15, 0.2) is 45.8 Å². The Morgan fingerprint density at radius 2 is 1.48 bits per heavy atom. The third-order valence-electron chi connectivity index (χ3n) is 7.07. The Balaban J connectivity index is 0.0000130. The molecular formula is C32H46ClN9O8S2. The fourth-order valence-electron chi connectivity index (χ4n) is 4.61. The number of nitrogens with two attached hydrogens (primary N) is 3. The van der Waals surface area contributed by atoms with Crippen molar-refractivity contribution >= 4 is 97.2 Å². The quantitative estimate of drug-likeness (QED) is 0.0687. The van der Waals surface area contributed by atoms with Crippen LogP contribution in [-0.4, -0.2) is 81.2 Å². The first-order valence-electron chi connectivity index (χ1n) is 15.6. The number of amides is 3. The molecule has 0 bridgehead atoms.